The van der Waals surface area contributed by atoms with E-state index in [0.29, 0.717) is 11.3 Å². The lowest BCUT2D eigenvalue weighted by atomic mass is 9.97. The summed E-state index contributed by atoms with van der Waals surface area (Å²) in [6.45, 7) is 9.91. The zero-order valence-corrected chi connectivity index (χ0v) is 18.5. The van der Waals surface area contributed by atoms with Gasteiger partial charge in [-0.2, -0.15) is 0 Å². The van der Waals surface area contributed by atoms with Crippen molar-refractivity contribution in [2.75, 3.05) is 6.61 Å². The zero-order chi connectivity index (χ0) is 21.8. The van der Waals surface area contributed by atoms with Gasteiger partial charge in [0.1, 0.15) is 17.3 Å². The summed E-state index contributed by atoms with van der Waals surface area (Å²) in [5.41, 5.74) is 1.51. The summed E-state index contributed by atoms with van der Waals surface area (Å²) in [6.07, 6.45) is 3.24. The van der Waals surface area contributed by atoms with Crippen molar-refractivity contribution in [3.8, 4) is 5.75 Å². The Labute approximate surface area is 178 Å². The Kier molecular flexibility index (Phi) is 6.85. The molecule has 6 nitrogen and oxygen atoms in total. The second-order valence-electron chi connectivity index (χ2n) is 8.31. The van der Waals surface area contributed by atoms with Crippen molar-refractivity contribution in [1.82, 2.24) is 10.2 Å². The summed E-state index contributed by atoms with van der Waals surface area (Å²) in [4.78, 5) is 27.1. The molecule has 2 heterocycles. The molecule has 1 fully saturated rings. The van der Waals surface area contributed by atoms with Gasteiger partial charge in [0.2, 0.25) is 0 Å². The highest BCUT2D eigenvalue weighted by atomic mass is 16.5. The van der Waals surface area contributed by atoms with Crippen LogP contribution in [0.2, 0.25) is 0 Å². The Morgan fingerprint density at radius 1 is 1.17 bits per heavy atom. The quantitative estimate of drug-likeness (QED) is 0.755. The molecule has 0 radical (unpaired) electrons. The first-order valence-corrected chi connectivity index (χ1v) is 10.7. The molecule has 2 amide bonds. The van der Waals surface area contributed by atoms with E-state index in [1.165, 1.54) is 0 Å². The third-order valence-corrected chi connectivity index (χ3v) is 5.85. The molecule has 3 atom stereocenters. The van der Waals surface area contributed by atoms with E-state index in [9.17, 15) is 9.59 Å². The number of rotatable bonds is 6. The van der Waals surface area contributed by atoms with Crippen molar-refractivity contribution in [1.29, 1.82) is 0 Å². The first kappa shape index (κ1) is 21.9. The topological polar surface area (TPSA) is 71.8 Å². The van der Waals surface area contributed by atoms with Gasteiger partial charge in [-0.25, -0.2) is 0 Å². The fourth-order valence-corrected chi connectivity index (χ4v) is 4.27. The monoisotopic (exact) mass is 412 g/mol. The van der Waals surface area contributed by atoms with E-state index in [1.54, 1.807) is 24.3 Å². The fraction of sp³-hybridized carbons (Fsp3) is 0.500. The van der Waals surface area contributed by atoms with Crippen molar-refractivity contribution >= 4 is 11.8 Å². The molecule has 1 aliphatic rings. The Balaban J connectivity index is 1.54. The van der Waals surface area contributed by atoms with E-state index in [4.69, 9.17) is 9.15 Å². The number of carbonyl (C=O) groups is 2. The number of aryl methyl sites for hydroxylation is 2. The second-order valence-corrected chi connectivity index (χ2v) is 8.31. The highest BCUT2D eigenvalue weighted by Crippen LogP contribution is 2.24. The molecule has 0 bridgehead atoms. The van der Waals surface area contributed by atoms with Crippen LogP contribution in [0.5, 0.6) is 5.75 Å². The molecule has 6 heteroatoms. The molecule has 1 saturated heterocycles. The number of piperidine rings is 1. The van der Waals surface area contributed by atoms with E-state index in [-0.39, 0.29) is 36.5 Å². The Bertz CT molecular complexity index is 877. The lowest BCUT2D eigenvalue weighted by Gasteiger charge is -2.38. The lowest BCUT2D eigenvalue weighted by molar-refractivity contribution is -0.139. The molecule has 3 unspecified atom stereocenters. The highest BCUT2D eigenvalue weighted by molar-refractivity contribution is 5.94. The number of nitrogens with one attached hydrogen (secondary N) is 1. The van der Waals surface area contributed by atoms with Crippen LogP contribution in [0.3, 0.4) is 0 Å². The van der Waals surface area contributed by atoms with E-state index in [1.807, 2.05) is 31.7 Å². The number of benzene rings is 1. The smallest absolute Gasteiger partial charge is 0.260 e. The van der Waals surface area contributed by atoms with Crippen LogP contribution >= 0.6 is 0 Å². The molecule has 0 saturated carbocycles. The maximum atomic E-state index is 12.6. The first-order chi connectivity index (χ1) is 14.3. The van der Waals surface area contributed by atoms with Crippen LogP contribution in [0, 0.1) is 13.8 Å². The van der Waals surface area contributed by atoms with Crippen LogP contribution in [-0.4, -0.2) is 35.4 Å². The number of hydrogen-bond acceptors (Lipinski definition) is 4. The molecule has 1 aromatic heterocycles. The molecule has 0 spiro atoms. The van der Waals surface area contributed by atoms with Crippen molar-refractivity contribution < 1.29 is 18.7 Å². The summed E-state index contributed by atoms with van der Waals surface area (Å²) < 4.78 is 11.2. The Morgan fingerprint density at radius 3 is 2.37 bits per heavy atom. The van der Waals surface area contributed by atoms with Crippen LogP contribution in [0.1, 0.15) is 73.5 Å². The average molecular weight is 413 g/mol. The molecule has 1 aromatic carbocycles. The van der Waals surface area contributed by atoms with Gasteiger partial charge >= 0.3 is 0 Å². The zero-order valence-electron chi connectivity index (χ0n) is 18.5. The fourth-order valence-electron chi connectivity index (χ4n) is 4.27. The molecule has 3 rings (SSSR count). The van der Waals surface area contributed by atoms with E-state index >= 15 is 0 Å². The van der Waals surface area contributed by atoms with Gasteiger partial charge in [-0.15, -0.1) is 0 Å². The molecule has 30 heavy (non-hydrogen) atoms. The van der Waals surface area contributed by atoms with Gasteiger partial charge in [0.15, 0.2) is 6.61 Å². The molecule has 2 aromatic rings. The maximum Gasteiger partial charge on any atom is 0.260 e. The summed E-state index contributed by atoms with van der Waals surface area (Å²) in [6, 6.07) is 9.16. The largest absolute Gasteiger partial charge is 0.484 e. The standard InChI is InChI=1S/C24H32N2O4/c1-15-7-6-8-16(2)26(15)23(27)14-29-21-11-9-20(10-12-21)24(28)25-18(4)22-13-17(3)30-19(22)5/h9-13,15-16,18H,6-8,14H2,1-5H3,(H,25,28). The minimum atomic E-state index is -0.167. The summed E-state index contributed by atoms with van der Waals surface area (Å²) in [7, 11) is 0. The van der Waals surface area contributed by atoms with E-state index < -0.39 is 0 Å². The van der Waals surface area contributed by atoms with E-state index in [0.717, 1.165) is 36.3 Å². The van der Waals surface area contributed by atoms with Crippen molar-refractivity contribution in [2.24, 2.45) is 0 Å². The predicted octanol–water partition coefficient (Wildman–Crippen LogP) is 4.56. The minimum absolute atomic E-state index is 0.0103. The van der Waals surface area contributed by atoms with Crippen LogP contribution in [-0.2, 0) is 4.79 Å². The third kappa shape index (κ3) is 5.04. The van der Waals surface area contributed by atoms with E-state index in [2.05, 4.69) is 19.2 Å². The third-order valence-electron chi connectivity index (χ3n) is 5.85. The lowest BCUT2D eigenvalue weighted by Crippen LogP contribution is -2.49. The van der Waals surface area contributed by atoms with Crippen LogP contribution in [0.25, 0.3) is 0 Å². The maximum absolute atomic E-state index is 12.6. The summed E-state index contributed by atoms with van der Waals surface area (Å²) >= 11 is 0. The summed E-state index contributed by atoms with van der Waals surface area (Å²) in [5, 5.41) is 2.99. The van der Waals surface area contributed by atoms with Gasteiger partial charge in [0.25, 0.3) is 11.8 Å². The normalized spacial score (nSPS) is 20.0. The van der Waals surface area contributed by atoms with Crippen molar-refractivity contribution in [3.63, 3.8) is 0 Å². The molecule has 1 N–H and O–H groups in total. The Hall–Kier alpha value is -2.76. The number of likely N-dealkylation sites (tertiary alicyclic amines) is 1. The number of nitrogens with zero attached hydrogens (tertiary/aromatic N) is 1. The second kappa shape index (κ2) is 9.37. The number of hydrogen-bond donors (Lipinski definition) is 1. The first-order valence-electron chi connectivity index (χ1n) is 10.7. The SMILES string of the molecule is Cc1cc(C(C)NC(=O)c2ccc(OCC(=O)N3C(C)CCCC3C)cc2)c(C)o1. The number of carbonyl (C=O) groups excluding carboxylic acids is 2. The van der Waals surface area contributed by atoms with Crippen LogP contribution in [0.4, 0.5) is 0 Å². The van der Waals surface area contributed by atoms with Gasteiger partial charge in [0.05, 0.1) is 6.04 Å². The van der Waals surface area contributed by atoms with Gasteiger partial charge in [-0.05, 0) is 84.2 Å². The van der Waals surface area contributed by atoms with Gasteiger partial charge in [-0.1, -0.05) is 0 Å². The molecule has 1 aliphatic heterocycles. The molecule has 162 valence electrons. The van der Waals surface area contributed by atoms with Gasteiger partial charge in [-0.3, -0.25) is 9.59 Å². The predicted molar refractivity (Wildman–Crippen MR) is 116 cm³/mol. The highest BCUT2D eigenvalue weighted by Gasteiger charge is 2.29. The van der Waals surface area contributed by atoms with Crippen molar-refractivity contribution in [3.05, 3.63) is 53.0 Å². The van der Waals surface area contributed by atoms with Crippen molar-refractivity contribution in [2.45, 2.75) is 72.0 Å². The molecule has 0 aliphatic carbocycles. The summed E-state index contributed by atoms with van der Waals surface area (Å²) in [5.74, 6) is 2.06. The average Bonchev–Trinajstić information content (AvgIpc) is 3.04. The van der Waals surface area contributed by atoms with Crippen LogP contribution in [0.15, 0.2) is 34.7 Å². The number of furan rings is 1. The number of amides is 2. The molecular formula is C24H32N2O4. The number of ether oxygens (including phenoxy) is 1. The Morgan fingerprint density at radius 2 is 1.80 bits per heavy atom. The van der Waals surface area contributed by atoms with Gasteiger partial charge < -0.3 is 19.4 Å². The van der Waals surface area contributed by atoms with Gasteiger partial charge in [0, 0.05) is 23.2 Å². The van der Waals surface area contributed by atoms with Crippen LogP contribution < -0.4 is 10.1 Å². The molecular weight excluding hydrogens is 380 g/mol. The minimum Gasteiger partial charge on any atom is -0.484 e.